The van der Waals surface area contributed by atoms with Crippen molar-refractivity contribution in [2.24, 2.45) is 0 Å². The van der Waals surface area contributed by atoms with Crippen LogP contribution in [0.3, 0.4) is 0 Å². The molecule has 0 radical (unpaired) electrons. The van der Waals surface area contributed by atoms with Crippen LogP contribution in [-0.2, 0) is 16.6 Å². The fourth-order valence-electron chi connectivity index (χ4n) is 2.10. The predicted octanol–water partition coefficient (Wildman–Crippen LogP) is 2.05. The van der Waals surface area contributed by atoms with Crippen LogP contribution in [0.15, 0.2) is 48.5 Å². The quantitative estimate of drug-likeness (QED) is 0.838. The fraction of sp³-hybridized carbons (Fsp3) is 0.235. The maximum atomic E-state index is 12.1. The molecule has 0 bridgehead atoms. The molecule has 0 saturated carbocycles. The standard InChI is InChI=1S/C17H21N3O3S/c1-20(2)16-10-4-13(5-11-16)12-18-17(21)14-6-8-15(9-7-14)19-24(3,22)23/h4-11,19H,12H2,1-3H3,(H,18,21). The molecule has 0 unspecified atom stereocenters. The smallest absolute Gasteiger partial charge is 0.251 e. The number of hydrogen-bond donors (Lipinski definition) is 2. The first-order valence-electron chi connectivity index (χ1n) is 7.37. The van der Waals surface area contributed by atoms with Crippen molar-refractivity contribution in [2.45, 2.75) is 6.54 Å². The molecule has 2 aromatic rings. The molecule has 0 aliphatic heterocycles. The van der Waals surface area contributed by atoms with Gasteiger partial charge in [0.15, 0.2) is 0 Å². The van der Waals surface area contributed by atoms with E-state index in [0.717, 1.165) is 17.5 Å². The first-order valence-corrected chi connectivity index (χ1v) is 9.26. The molecule has 0 fully saturated rings. The Hall–Kier alpha value is -2.54. The van der Waals surface area contributed by atoms with Gasteiger partial charge in [-0.15, -0.1) is 0 Å². The predicted molar refractivity (Wildman–Crippen MR) is 96.8 cm³/mol. The van der Waals surface area contributed by atoms with Gasteiger partial charge in [-0.25, -0.2) is 8.42 Å². The summed E-state index contributed by atoms with van der Waals surface area (Å²) >= 11 is 0. The van der Waals surface area contributed by atoms with Crippen molar-refractivity contribution in [2.75, 3.05) is 30.0 Å². The highest BCUT2D eigenvalue weighted by Crippen LogP contribution is 2.13. The SMILES string of the molecule is CN(C)c1ccc(CNC(=O)c2ccc(NS(C)(=O)=O)cc2)cc1. The third-order valence-corrected chi connectivity index (χ3v) is 3.96. The van der Waals surface area contributed by atoms with Gasteiger partial charge in [0, 0.05) is 37.6 Å². The highest BCUT2D eigenvalue weighted by Gasteiger charge is 2.07. The van der Waals surface area contributed by atoms with Gasteiger partial charge in [-0.1, -0.05) is 12.1 Å². The van der Waals surface area contributed by atoms with Crippen LogP contribution in [0.25, 0.3) is 0 Å². The van der Waals surface area contributed by atoms with Crippen molar-refractivity contribution in [3.8, 4) is 0 Å². The second kappa shape index (κ2) is 7.35. The Bertz CT molecular complexity index is 798. The Morgan fingerprint density at radius 2 is 1.58 bits per heavy atom. The number of hydrogen-bond acceptors (Lipinski definition) is 4. The zero-order valence-electron chi connectivity index (χ0n) is 13.9. The number of amides is 1. The second-order valence-electron chi connectivity index (χ2n) is 5.70. The second-order valence-corrected chi connectivity index (χ2v) is 7.44. The third kappa shape index (κ3) is 5.27. The Balaban J connectivity index is 1.94. The van der Waals surface area contributed by atoms with E-state index in [1.165, 1.54) is 0 Å². The van der Waals surface area contributed by atoms with Crippen molar-refractivity contribution >= 4 is 27.3 Å². The number of nitrogens with zero attached hydrogens (tertiary/aromatic N) is 1. The molecule has 0 spiro atoms. The van der Waals surface area contributed by atoms with Gasteiger partial charge in [0.05, 0.1) is 6.26 Å². The van der Waals surface area contributed by atoms with E-state index >= 15 is 0 Å². The molecule has 2 aromatic carbocycles. The minimum Gasteiger partial charge on any atom is -0.378 e. The summed E-state index contributed by atoms with van der Waals surface area (Å²) < 4.78 is 24.7. The number of benzene rings is 2. The minimum atomic E-state index is -3.32. The molecule has 128 valence electrons. The fourth-order valence-corrected chi connectivity index (χ4v) is 2.66. The van der Waals surface area contributed by atoms with Crippen molar-refractivity contribution in [1.82, 2.24) is 5.32 Å². The van der Waals surface area contributed by atoms with Gasteiger partial charge in [-0.05, 0) is 42.0 Å². The Morgan fingerprint density at radius 1 is 1.00 bits per heavy atom. The summed E-state index contributed by atoms with van der Waals surface area (Å²) in [6.07, 6.45) is 1.08. The molecule has 2 N–H and O–H groups in total. The Morgan fingerprint density at radius 3 is 2.08 bits per heavy atom. The van der Waals surface area contributed by atoms with E-state index in [0.29, 0.717) is 17.8 Å². The van der Waals surface area contributed by atoms with Crippen molar-refractivity contribution in [1.29, 1.82) is 0 Å². The molecule has 0 aromatic heterocycles. The van der Waals surface area contributed by atoms with Gasteiger partial charge in [-0.2, -0.15) is 0 Å². The number of anilines is 2. The van der Waals surface area contributed by atoms with Crippen LogP contribution in [0.5, 0.6) is 0 Å². The zero-order chi connectivity index (χ0) is 17.7. The molecule has 0 atom stereocenters. The molecule has 24 heavy (non-hydrogen) atoms. The highest BCUT2D eigenvalue weighted by atomic mass is 32.2. The summed E-state index contributed by atoms with van der Waals surface area (Å²) in [5.41, 5.74) is 3.00. The monoisotopic (exact) mass is 347 g/mol. The maximum absolute atomic E-state index is 12.1. The van der Waals surface area contributed by atoms with Gasteiger partial charge in [-0.3, -0.25) is 9.52 Å². The van der Waals surface area contributed by atoms with Crippen LogP contribution >= 0.6 is 0 Å². The average Bonchev–Trinajstić information content (AvgIpc) is 2.52. The Labute approximate surface area is 142 Å². The van der Waals surface area contributed by atoms with E-state index in [1.807, 2.05) is 43.3 Å². The molecule has 6 nitrogen and oxygen atoms in total. The molecule has 2 rings (SSSR count). The molecular formula is C17H21N3O3S. The van der Waals surface area contributed by atoms with Crippen molar-refractivity contribution < 1.29 is 13.2 Å². The summed E-state index contributed by atoms with van der Waals surface area (Å²) in [5.74, 6) is -0.211. The number of carbonyl (C=O) groups excluding carboxylic acids is 1. The van der Waals surface area contributed by atoms with Gasteiger partial charge in [0.25, 0.3) is 5.91 Å². The number of rotatable bonds is 6. The first-order chi connectivity index (χ1) is 11.2. The topological polar surface area (TPSA) is 78.5 Å². The minimum absolute atomic E-state index is 0.211. The van der Waals surface area contributed by atoms with E-state index in [2.05, 4.69) is 10.0 Å². The van der Waals surface area contributed by atoms with Gasteiger partial charge in [0.1, 0.15) is 0 Å². The van der Waals surface area contributed by atoms with Crippen molar-refractivity contribution in [3.05, 3.63) is 59.7 Å². The third-order valence-electron chi connectivity index (χ3n) is 3.36. The molecule has 0 aliphatic carbocycles. The molecule has 0 aliphatic rings. The molecular weight excluding hydrogens is 326 g/mol. The van der Waals surface area contributed by atoms with Crippen LogP contribution in [0.4, 0.5) is 11.4 Å². The lowest BCUT2D eigenvalue weighted by atomic mass is 10.1. The maximum Gasteiger partial charge on any atom is 0.251 e. The van der Waals surface area contributed by atoms with Gasteiger partial charge in [0.2, 0.25) is 10.0 Å². The highest BCUT2D eigenvalue weighted by molar-refractivity contribution is 7.92. The van der Waals surface area contributed by atoms with E-state index in [9.17, 15) is 13.2 Å². The molecule has 0 saturated heterocycles. The van der Waals surface area contributed by atoms with Gasteiger partial charge < -0.3 is 10.2 Å². The average molecular weight is 347 g/mol. The van der Waals surface area contributed by atoms with Gasteiger partial charge >= 0.3 is 0 Å². The van der Waals surface area contributed by atoms with Crippen LogP contribution in [0, 0.1) is 0 Å². The van der Waals surface area contributed by atoms with Crippen LogP contribution in [0.2, 0.25) is 0 Å². The first kappa shape index (κ1) is 17.8. The van der Waals surface area contributed by atoms with Crippen LogP contribution < -0.4 is 14.9 Å². The summed E-state index contributed by atoms with van der Waals surface area (Å²) in [4.78, 5) is 14.1. The van der Waals surface area contributed by atoms with E-state index in [1.54, 1.807) is 24.3 Å². The normalized spacial score (nSPS) is 11.0. The van der Waals surface area contributed by atoms with E-state index in [-0.39, 0.29) is 5.91 Å². The molecule has 0 heterocycles. The summed E-state index contributed by atoms with van der Waals surface area (Å²) in [6.45, 7) is 0.426. The lowest BCUT2D eigenvalue weighted by Crippen LogP contribution is -2.22. The largest absolute Gasteiger partial charge is 0.378 e. The summed E-state index contributed by atoms with van der Waals surface area (Å²) in [6, 6.07) is 14.2. The summed E-state index contributed by atoms with van der Waals surface area (Å²) in [7, 11) is 0.622. The van der Waals surface area contributed by atoms with Crippen LogP contribution in [-0.4, -0.2) is 34.7 Å². The summed E-state index contributed by atoms with van der Waals surface area (Å²) in [5, 5.41) is 2.84. The lowest BCUT2D eigenvalue weighted by Gasteiger charge is -2.13. The van der Waals surface area contributed by atoms with E-state index in [4.69, 9.17) is 0 Å². The van der Waals surface area contributed by atoms with Crippen molar-refractivity contribution in [3.63, 3.8) is 0 Å². The number of sulfonamides is 1. The Kier molecular flexibility index (Phi) is 5.46. The lowest BCUT2D eigenvalue weighted by molar-refractivity contribution is 0.0951. The van der Waals surface area contributed by atoms with E-state index < -0.39 is 10.0 Å². The zero-order valence-corrected chi connectivity index (χ0v) is 14.7. The number of nitrogens with one attached hydrogen (secondary N) is 2. The number of carbonyl (C=O) groups is 1. The van der Waals surface area contributed by atoms with Crippen LogP contribution in [0.1, 0.15) is 15.9 Å². The molecule has 7 heteroatoms. The molecule has 1 amide bonds.